The summed E-state index contributed by atoms with van der Waals surface area (Å²) in [7, 11) is 0. The molecule has 2 aliphatic rings. The first-order chi connectivity index (χ1) is 14.2. The number of hydrogen-bond donors (Lipinski definition) is 2. The highest BCUT2D eigenvalue weighted by molar-refractivity contribution is 5.82. The largest absolute Gasteiger partial charge is 0.394 e. The highest BCUT2D eigenvalue weighted by Crippen LogP contribution is 2.41. The molecule has 4 rings (SSSR count). The number of aliphatic hydroxyl groups excluding tert-OH is 1. The van der Waals surface area contributed by atoms with Crippen LogP contribution in [-0.4, -0.2) is 52.0 Å². The minimum absolute atomic E-state index is 0.00396. The zero-order valence-corrected chi connectivity index (χ0v) is 16.4. The molecular weight excluding hydrogens is 366 g/mol. The first-order valence-corrected chi connectivity index (χ1v) is 10.3. The molecule has 0 bridgehead atoms. The number of hydrogen-bond acceptors (Lipinski definition) is 4. The Hall–Kier alpha value is -2.73. The van der Waals surface area contributed by atoms with Crippen molar-refractivity contribution in [3.05, 3.63) is 66.0 Å². The summed E-state index contributed by atoms with van der Waals surface area (Å²) < 4.78 is 0. The van der Waals surface area contributed by atoms with Gasteiger partial charge in [0.2, 0.25) is 11.8 Å². The highest BCUT2D eigenvalue weighted by Gasteiger charge is 2.50. The van der Waals surface area contributed by atoms with Crippen LogP contribution in [0.1, 0.15) is 36.3 Å². The number of benzene rings is 1. The van der Waals surface area contributed by atoms with Gasteiger partial charge in [-0.3, -0.25) is 14.6 Å². The van der Waals surface area contributed by atoms with E-state index in [1.807, 2.05) is 42.5 Å². The summed E-state index contributed by atoms with van der Waals surface area (Å²) in [5.41, 5.74) is 1.98. The van der Waals surface area contributed by atoms with Crippen molar-refractivity contribution in [1.29, 1.82) is 0 Å². The lowest BCUT2D eigenvalue weighted by Crippen LogP contribution is -2.69. The van der Waals surface area contributed by atoms with Gasteiger partial charge in [-0.15, -0.1) is 0 Å². The van der Waals surface area contributed by atoms with Gasteiger partial charge < -0.3 is 15.3 Å². The molecule has 0 unspecified atom stereocenters. The van der Waals surface area contributed by atoms with E-state index in [-0.39, 0.29) is 48.8 Å². The Morgan fingerprint density at radius 2 is 1.79 bits per heavy atom. The minimum atomic E-state index is -0.280. The standard InChI is InChI=1S/C23H27N3O3/c27-15-20-22(17-5-2-1-3-6-17)19(14-25-23(29)18-7-4-8-18)26(20)21(28)13-16-9-11-24-12-10-16/h1-3,5-6,9-12,18-20,22,27H,4,7-8,13-15H2,(H,25,29)/t19-,20-,22+/m1/s1. The molecule has 2 N–H and O–H groups in total. The van der Waals surface area contributed by atoms with Crippen LogP contribution in [0.4, 0.5) is 0 Å². The molecule has 1 aliphatic carbocycles. The first kappa shape index (κ1) is 19.6. The molecule has 152 valence electrons. The molecule has 3 atom stereocenters. The van der Waals surface area contributed by atoms with Crippen LogP contribution >= 0.6 is 0 Å². The van der Waals surface area contributed by atoms with Crippen molar-refractivity contribution in [1.82, 2.24) is 15.2 Å². The summed E-state index contributed by atoms with van der Waals surface area (Å²) in [6.07, 6.45) is 6.60. The van der Waals surface area contributed by atoms with Gasteiger partial charge in [-0.05, 0) is 36.1 Å². The predicted octanol–water partition coefficient (Wildman–Crippen LogP) is 1.90. The number of aliphatic hydroxyl groups is 1. The Labute approximate surface area is 171 Å². The van der Waals surface area contributed by atoms with Gasteiger partial charge in [0, 0.05) is 30.8 Å². The number of carbonyl (C=O) groups excluding carboxylic acids is 2. The Morgan fingerprint density at radius 3 is 2.41 bits per heavy atom. The number of rotatable bonds is 7. The number of likely N-dealkylation sites (tertiary alicyclic amines) is 1. The molecule has 0 radical (unpaired) electrons. The fourth-order valence-electron chi connectivity index (χ4n) is 4.45. The maximum Gasteiger partial charge on any atom is 0.227 e. The SMILES string of the molecule is O=C(NC[C@@H]1[C@H](c2ccccc2)[C@@H](CO)N1C(=O)Cc1ccncc1)C1CCC1. The third-order valence-corrected chi connectivity index (χ3v) is 6.27. The highest BCUT2D eigenvalue weighted by atomic mass is 16.3. The van der Waals surface area contributed by atoms with Gasteiger partial charge in [-0.1, -0.05) is 36.8 Å². The van der Waals surface area contributed by atoms with E-state index in [0.717, 1.165) is 30.4 Å². The maximum atomic E-state index is 13.1. The number of aromatic nitrogens is 1. The smallest absolute Gasteiger partial charge is 0.227 e. The lowest BCUT2D eigenvalue weighted by atomic mass is 9.74. The van der Waals surface area contributed by atoms with E-state index >= 15 is 0 Å². The zero-order chi connectivity index (χ0) is 20.2. The van der Waals surface area contributed by atoms with E-state index in [4.69, 9.17) is 0 Å². The van der Waals surface area contributed by atoms with Gasteiger partial charge in [0.25, 0.3) is 0 Å². The summed E-state index contributed by atoms with van der Waals surface area (Å²) in [5.74, 6) is 0.159. The quantitative estimate of drug-likeness (QED) is 0.753. The van der Waals surface area contributed by atoms with Crippen LogP contribution in [0.3, 0.4) is 0 Å². The zero-order valence-electron chi connectivity index (χ0n) is 16.4. The molecule has 6 heteroatoms. The van der Waals surface area contributed by atoms with Crippen molar-refractivity contribution in [2.75, 3.05) is 13.2 Å². The average molecular weight is 393 g/mol. The Kier molecular flexibility index (Phi) is 5.90. The van der Waals surface area contributed by atoms with Crippen molar-refractivity contribution in [2.24, 2.45) is 5.92 Å². The van der Waals surface area contributed by atoms with Crippen molar-refractivity contribution in [3.63, 3.8) is 0 Å². The molecule has 6 nitrogen and oxygen atoms in total. The van der Waals surface area contributed by atoms with E-state index in [1.54, 1.807) is 17.3 Å². The summed E-state index contributed by atoms with van der Waals surface area (Å²) in [5, 5.41) is 13.1. The molecule has 1 aliphatic heterocycles. The Bertz CT molecular complexity index is 839. The minimum Gasteiger partial charge on any atom is -0.394 e. The van der Waals surface area contributed by atoms with E-state index in [1.165, 1.54) is 0 Å². The summed E-state index contributed by atoms with van der Waals surface area (Å²) in [6, 6.07) is 13.2. The molecule has 1 saturated heterocycles. The maximum absolute atomic E-state index is 13.1. The van der Waals surface area contributed by atoms with Crippen LogP contribution in [0.5, 0.6) is 0 Å². The number of nitrogens with zero attached hydrogens (tertiary/aromatic N) is 2. The molecule has 0 spiro atoms. The van der Waals surface area contributed by atoms with E-state index in [0.29, 0.717) is 6.54 Å². The van der Waals surface area contributed by atoms with Gasteiger partial charge >= 0.3 is 0 Å². The third kappa shape index (κ3) is 4.03. The molecule has 1 aromatic heterocycles. The van der Waals surface area contributed by atoms with Crippen molar-refractivity contribution < 1.29 is 14.7 Å². The molecule has 1 aromatic carbocycles. The number of nitrogens with one attached hydrogen (secondary N) is 1. The number of amides is 2. The molecular formula is C23H27N3O3. The second-order valence-corrected chi connectivity index (χ2v) is 7.96. The van der Waals surface area contributed by atoms with Crippen LogP contribution in [0.2, 0.25) is 0 Å². The lowest BCUT2D eigenvalue weighted by Gasteiger charge is -2.55. The Morgan fingerprint density at radius 1 is 1.07 bits per heavy atom. The predicted molar refractivity (Wildman–Crippen MR) is 109 cm³/mol. The molecule has 1 saturated carbocycles. The summed E-state index contributed by atoms with van der Waals surface area (Å²) in [4.78, 5) is 31.2. The van der Waals surface area contributed by atoms with E-state index in [9.17, 15) is 14.7 Å². The van der Waals surface area contributed by atoms with Gasteiger partial charge in [-0.25, -0.2) is 0 Å². The number of carbonyl (C=O) groups is 2. The first-order valence-electron chi connectivity index (χ1n) is 10.3. The van der Waals surface area contributed by atoms with Gasteiger partial charge in [-0.2, -0.15) is 0 Å². The topological polar surface area (TPSA) is 82.5 Å². The van der Waals surface area contributed by atoms with Crippen molar-refractivity contribution in [2.45, 2.75) is 43.7 Å². The lowest BCUT2D eigenvalue weighted by molar-refractivity contribution is -0.150. The molecule has 2 amide bonds. The van der Waals surface area contributed by atoms with Crippen LogP contribution in [-0.2, 0) is 16.0 Å². The van der Waals surface area contributed by atoms with Crippen LogP contribution in [0, 0.1) is 5.92 Å². The van der Waals surface area contributed by atoms with Gasteiger partial charge in [0.15, 0.2) is 0 Å². The van der Waals surface area contributed by atoms with E-state index < -0.39 is 0 Å². The average Bonchev–Trinajstić information content (AvgIpc) is 2.67. The van der Waals surface area contributed by atoms with E-state index in [2.05, 4.69) is 10.3 Å². The van der Waals surface area contributed by atoms with Crippen molar-refractivity contribution >= 4 is 11.8 Å². The molecule has 2 heterocycles. The number of pyridine rings is 1. The summed E-state index contributed by atoms with van der Waals surface area (Å²) >= 11 is 0. The molecule has 2 fully saturated rings. The normalized spacial score (nSPS) is 23.8. The van der Waals surface area contributed by atoms with Crippen molar-refractivity contribution in [3.8, 4) is 0 Å². The second-order valence-electron chi connectivity index (χ2n) is 7.96. The van der Waals surface area contributed by atoms with Gasteiger partial charge in [0.1, 0.15) is 0 Å². The third-order valence-electron chi connectivity index (χ3n) is 6.27. The van der Waals surface area contributed by atoms with Crippen LogP contribution in [0.25, 0.3) is 0 Å². The monoisotopic (exact) mass is 393 g/mol. The van der Waals surface area contributed by atoms with Gasteiger partial charge in [0.05, 0.1) is 25.1 Å². The summed E-state index contributed by atoms with van der Waals surface area (Å²) in [6.45, 7) is 0.308. The second kappa shape index (κ2) is 8.74. The fraction of sp³-hybridized carbons (Fsp3) is 0.435. The Balaban J connectivity index is 1.52. The van der Waals surface area contributed by atoms with Crippen LogP contribution in [0.15, 0.2) is 54.9 Å². The molecule has 29 heavy (non-hydrogen) atoms. The molecule has 2 aromatic rings. The fourth-order valence-corrected chi connectivity index (χ4v) is 4.45. The van der Waals surface area contributed by atoms with Crippen LogP contribution < -0.4 is 5.32 Å².